The van der Waals surface area contributed by atoms with Gasteiger partial charge in [0, 0.05) is 18.7 Å². The molecule has 0 saturated carbocycles. The van der Waals surface area contributed by atoms with Crippen LogP contribution in [0.3, 0.4) is 0 Å². The van der Waals surface area contributed by atoms with Gasteiger partial charge in [-0.15, -0.1) is 0 Å². The van der Waals surface area contributed by atoms with Crippen LogP contribution in [0.15, 0.2) is 54.0 Å². The molecule has 34 heavy (non-hydrogen) atoms. The van der Waals surface area contributed by atoms with E-state index in [0.29, 0.717) is 12.8 Å². The second kappa shape index (κ2) is 9.64. The summed E-state index contributed by atoms with van der Waals surface area (Å²) < 4.78 is 17.9. The third-order valence-electron chi connectivity index (χ3n) is 6.58. The van der Waals surface area contributed by atoms with Gasteiger partial charge in [0.25, 0.3) is 0 Å². The summed E-state index contributed by atoms with van der Waals surface area (Å²) in [6.07, 6.45) is 2.62. The standard InChI is InChI=1S/C26H31BN2O5/c1-25(2)26(3,4)34-27(33-25)21(16-28-24(31)32-17-18-8-6-5-7-9-18)15-19-10-12-22-20(14-19)11-13-23(30)29-22/h5-10,12,14-15H,11,13,16-17H2,1-4H3,(H,28,31)(H,29,30). The van der Waals surface area contributed by atoms with E-state index in [2.05, 4.69) is 10.6 Å². The number of hydrogen-bond donors (Lipinski definition) is 2. The van der Waals surface area contributed by atoms with Gasteiger partial charge in [-0.3, -0.25) is 4.79 Å². The van der Waals surface area contributed by atoms with Crippen molar-refractivity contribution in [3.05, 3.63) is 70.7 Å². The predicted molar refractivity (Wildman–Crippen MR) is 132 cm³/mol. The highest BCUT2D eigenvalue weighted by Crippen LogP contribution is 2.39. The van der Waals surface area contributed by atoms with Crippen LogP contribution in [0.5, 0.6) is 0 Å². The normalized spacial score (nSPS) is 18.8. The van der Waals surface area contributed by atoms with Crippen LogP contribution in [0, 0.1) is 0 Å². The van der Waals surface area contributed by atoms with Crippen molar-refractivity contribution in [1.82, 2.24) is 5.32 Å². The zero-order valence-corrected chi connectivity index (χ0v) is 20.1. The van der Waals surface area contributed by atoms with Crippen molar-refractivity contribution in [1.29, 1.82) is 0 Å². The maximum atomic E-state index is 12.4. The second-order valence-corrected chi connectivity index (χ2v) is 9.69. The smallest absolute Gasteiger partial charge is 0.445 e. The molecule has 2 N–H and O–H groups in total. The summed E-state index contributed by atoms with van der Waals surface area (Å²) in [7, 11) is -0.616. The Balaban J connectivity index is 1.50. The highest BCUT2D eigenvalue weighted by Gasteiger charge is 2.52. The molecule has 2 aliphatic heterocycles. The summed E-state index contributed by atoms with van der Waals surface area (Å²) in [4.78, 5) is 24.1. The third kappa shape index (κ3) is 5.51. The molecule has 4 rings (SSSR count). The van der Waals surface area contributed by atoms with Crippen molar-refractivity contribution in [2.75, 3.05) is 11.9 Å². The highest BCUT2D eigenvalue weighted by atomic mass is 16.7. The minimum atomic E-state index is -0.616. The van der Waals surface area contributed by atoms with Crippen molar-refractivity contribution in [3.8, 4) is 0 Å². The SMILES string of the molecule is CC1(C)OB(C(=Cc2ccc3c(c2)CCC(=O)N3)CNC(=O)OCc2ccccc2)OC1(C)C. The van der Waals surface area contributed by atoms with Gasteiger partial charge in [-0.05, 0) is 68.4 Å². The number of hydrogen-bond acceptors (Lipinski definition) is 5. The molecule has 0 aliphatic carbocycles. The van der Waals surface area contributed by atoms with Crippen molar-refractivity contribution >= 4 is 30.9 Å². The van der Waals surface area contributed by atoms with Crippen LogP contribution < -0.4 is 10.6 Å². The second-order valence-electron chi connectivity index (χ2n) is 9.69. The highest BCUT2D eigenvalue weighted by molar-refractivity contribution is 6.56. The molecule has 0 bridgehead atoms. The number of nitrogens with one attached hydrogen (secondary N) is 2. The van der Waals surface area contributed by atoms with E-state index in [1.165, 1.54) is 0 Å². The summed E-state index contributed by atoms with van der Waals surface area (Å²) in [6.45, 7) is 8.38. The fourth-order valence-electron chi connectivity index (χ4n) is 3.85. The molecular formula is C26H31BN2O5. The van der Waals surface area contributed by atoms with Gasteiger partial charge < -0.3 is 24.7 Å². The quantitative estimate of drug-likeness (QED) is 0.617. The summed E-state index contributed by atoms with van der Waals surface area (Å²) in [5, 5.41) is 5.73. The number of benzene rings is 2. The van der Waals surface area contributed by atoms with Crippen LogP contribution in [0.2, 0.25) is 0 Å². The van der Waals surface area contributed by atoms with Crippen LogP contribution in [0.4, 0.5) is 10.5 Å². The van der Waals surface area contributed by atoms with Crippen molar-refractivity contribution in [2.24, 2.45) is 0 Å². The molecule has 2 amide bonds. The lowest BCUT2D eigenvalue weighted by Crippen LogP contribution is -2.41. The monoisotopic (exact) mass is 462 g/mol. The van der Waals surface area contributed by atoms with E-state index in [-0.39, 0.29) is 19.1 Å². The molecule has 7 nitrogen and oxygen atoms in total. The molecule has 1 saturated heterocycles. The number of carbonyl (C=O) groups is 2. The van der Waals surface area contributed by atoms with Gasteiger partial charge in [-0.25, -0.2) is 4.79 Å². The average Bonchev–Trinajstić information content (AvgIpc) is 3.02. The van der Waals surface area contributed by atoms with Crippen LogP contribution in [-0.2, 0) is 31.9 Å². The number of amides is 2. The molecule has 0 atom stereocenters. The fourth-order valence-corrected chi connectivity index (χ4v) is 3.85. The van der Waals surface area contributed by atoms with E-state index in [1.54, 1.807) is 0 Å². The maximum absolute atomic E-state index is 12.4. The number of aryl methyl sites for hydroxylation is 1. The van der Waals surface area contributed by atoms with E-state index in [4.69, 9.17) is 14.0 Å². The Kier molecular flexibility index (Phi) is 6.82. The molecule has 0 spiro atoms. The average molecular weight is 462 g/mol. The molecular weight excluding hydrogens is 431 g/mol. The summed E-state index contributed by atoms with van der Waals surface area (Å²) in [5.41, 5.74) is 3.54. The molecule has 0 unspecified atom stereocenters. The molecule has 2 aliphatic rings. The number of ether oxygens (including phenoxy) is 1. The Labute approximate surface area is 201 Å². The Hall–Kier alpha value is -3.10. The molecule has 2 aromatic carbocycles. The van der Waals surface area contributed by atoms with Gasteiger partial charge in [-0.2, -0.15) is 0 Å². The van der Waals surface area contributed by atoms with E-state index in [1.807, 2.05) is 82.3 Å². The van der Waals surface area contributed by atoms with Gasteiger partial charge in [0.1, 0.15) is 6.61 Å². The first-order valence-electron chi connectivity index (χ1n) is 11.6. The zero-order valence-electron chi connectivity index (χ0n) is 20.1. The molecule has 2 heterocycles. The van der Waals surface area contributed by atoms with Gasteiger partial charge in [0.2, 0.25) is 5.91 Å². The van der Waals surface area contributed by atoms with Crippen LogP contribution in [0.25, 0.3) is 6.08 Å². The summed E-state index contributed by atoms with van der Waals surface area (Å²) >= 11 is 0. The maximum Gasteiger partial charge on any atom is 0.492 e. The lowest BCUT2D eigenvalue weighted by molar-refractivity contribution is -0.116. The van der Waals surface area contributed by atoms with Gasteiger partial charge in [-0.1, -0.05) is 42.5 Å². The molecule has 8 heteroatoms. The molecule has 178 valence electrons. The fraction of sp³-hybridized carbons (Fsp3) is 0.385. The first-order valence-corrected chi connectivity index (χ1v) is 11.6. The van der Waals surface area contributed by atoms with E-state index >= 15 is 0 Å². The van der Waals surface area contributed by atoms with Gasteiger partial charge in [0.15, 0.2) is 0 Å². The number of rotatable bonds is 6. The Morgan fingerprint density at radius 1 is 1.09 bits per heavy atom. The minimum absolute atomic E-state index is 0.0342. The lowest BCUT2D eigenvalue weighted by atomic mass is 9.77. The molecule has 0 radical (unpaired) electrons. The Morgan fingerprint density at radius 3 is 2.50 bits per heavy atom. The first-order chi connectivity index (χ1) is 16.1. The number of carbonyl (C=O) groups excluding carboxylic acids is 2. The van der Waals surface area contributed by atoms with Gasteiger partial charge >= 0.3 is 13.2 Å². The van der Waals surface area contributed by atoms with Crippen molar-refractivity contribution in [2.45, 2.75) is 58.3 Å². The molecule has 0 aromatic heterocycles. The third-order valence-corrected chi connectivity index (χ3v) is 6.58. The lowest BCUT2D eigenvalue weighted by Gasteiger charge is -2.32. The zero-order chi connectivity index (χ0) is 24.3. The van der Waals surface area contributed by atoms with E-state index in [0.717, 1.165) is 27.9 Å². The largest absolute Gasteiger partial charge is 0.492 e. The molecule has 2 aromatic rings. The predicted octanol–water partition coefficient (Wildman–Crippen LogP) is 4.51. The van der Waals surface area contributed by atoms with Gasteiger partial charge in [0.05, 0.1) is 11.2 Å². The van der Waals surface area contributed by atoms with Crippen LogP contribution >= 0.6 is 0 Å². The van der Waals surface area contributed by atoms with Crippen molar-refractivity contribution < 1.29 is 23.6 Å². The van der Waals surface area contributed by atoms with Crippen LogP contribution in [-0.4, -0.2) is 36.9 Å². The number of anilines is 1. The Bertz CT molecular complexity index is 1080. The molecule has 1 fully saturated rings. The number of fused-ring (bicyclic) bond motifs is 1. The van der Waals surface area contributed by atoms with E-state index < -0.39 is 24.4 Å². The minimum Gasteiger partial charge on any atom is -0.445 e. The first kappa shape index (κ1) is 24.0. The van der Waals surface area contributed by atoms with E-state index in [9.17, 15) is 9.59 Å². The summed E-state index contributed by atoms with van der Waals surface area (Å²) in [6, 6.07) is 15.4. The topological polar surface area (TPSA) is 85.9 Å². The summed E-state index contributed by atoms with van der Waals surface area (Å²) in [5.74, 6) is 0.0342. The van der Waals surface area contributed by atoms with Crippen LogP contribution in [0.1, 0.15) is 50.8 Å². The van der Waals surface area contributed by atoms with Crippen molar-refractivity contribution in [3.63, 3.8) is 0 Å². The number of alkyl carbamates (subject to hydrolysis) is 1. The Morgan fingerprint density at radius 2 is 1.79 bits per heavy atom.